The minimum Gasteiger partial charge on any atom is -0.491 e. The van der Waals surface area contributed by atoms with Crippen molar-refractivity contribution in [3.05, 3.63) is 78.1 Å². The number of halogens is 1. The number of aromatic amines is 1. The van der Waals surface area contributed by atoms with Crippen LogP contribution >= 0.6 is 0 Å². The normalized spacial score (nSPS) is 25.3. The molecule has 0 bridgehead atoms. The number of pyridine rings is 1. The van der Waals surface area contributed by atoms with Gasteiger partial charge in [-0.15, -0.1) is 0 Å². The van der Waals surface area contributed by atoms with Crippen LogP contribution in [-0.4, -0.2) is 58.7 Å². The van der Waals surface area contributed by atoms with Crippen LogP contribution in [0.5, 0.6) is 5.75 Å². The van der Waals surface area contributed by atoms with Crippen molar-refractivity contribution in [3.8, 4) is 16.9 Å². The molecule has 2 aromatic carbocycles. The SMILES string of the molecule is Fc1cccc(-c2cccc3[nH]c(C4NNC5CNC(c6cncc(OCCN7CCCC7)c6)CC54)nc23)c1. The first-order chi connectivity index (χ1) is 19.2. The molecule has 39 heavy (non-hydrogen) atoms. The molecule has 8 nitrogen and oxygen atoms in total. The number of hydrogen-bond acceptors (Lipinski definition) is 7. The van der Waals surface area contributed by atoms with Gasteiger partial charge in [0.15, 0.2) is 0 Å². The highest BCUT2D eigenvalue weighted by Gasteiger charge is 2.42. The fraction of sp³-hybridized carbons (Fsp3) is 0.400. The number of likely N-dealkylation sites (tertiary alicyclic amines) is 1. The Kier molecular flexibility index (Phi) is 6.74. The van der Waals surface area contributed by atoms with E-state index in [1.54, 1.807) is 12.1 Å². The number of ether oxygens (including phenoxy) is 1. The van der Waals surface area contributed by atoms with E-state index in [2.05, 4.69) is 37.1 Å². The summed E-state index contributed by atoms with van der Waals surface area (Å²) in [5, 5.41) is 3.70. The van der Waals surface area contributed by atoms with Crippen molar-refractivity contribution in [2.45, 2.75) is 37.4 Å². The Morgan fingerprint density at radius 3 is 2.82 bits per heavy atom. The largest absolute Gasteiger partial charge is 0.491 e. The number of nitrogens with zero attached hydrogens (tertiary/aromatic N) is 3. The molecular formula is C30H34FN7O. The number of benzene rings is 2. The number of aromatic nitrogens is 3. The van der Waals surface area contributed by atoms with Gasteiger partial charge in [-0.3, -0.25) is 15.3 Å². The molecule has 2 aromatic heterocycles. The molecule has 0 aliphatic carbocycles. The number of rotatable bonds is 7. The molecule has 4 unspecified atom stereocenters. The van der Waals surface area contributed by atoms with Crippen molar-refractivity contribution < 1.29 is 9.13 Å². The van der Waals surface area contributed by atoms with E-state index in [4.69, 9.17) is 9.72 Å². The number of H-pyrrole nitrogens is 1. The summed E-state index contributed by atoms with van der Waals surface area (Å²) in [7, 11) is 0. The van der Waals surface area contributed by atoms with Gasteiger partial charge in [0.05, 0.1) is 23.3 Å². The highest BCUT2D eigenvalue weighted by atomic mass is 19.1. The van der Waals surface area contributed by atoms with Gasteiger partial charge in [-0.25, -0.2) is 14.8 Å². The van der Waals surface area contributed by atoms with Crippen molar-refractivity contribution in [2.24, 2.45) is 5.92 Å². The zero-order chi connectivity index (χ0) is 26.2. The van der Waals surface area contributed by atoms with Crippen LogP contribution in [0.15, 0.2) is 60.9 Å². The van der Waals surface area contributed by atoms with Crippen molar-refractivity contribution in [3.63, 3.8) is 0 Å². The third-order valence-corrected chi connectivity index (χ3v) is 8.43. The molecule has 202 valence electrons. The molecule has 5 heterocycles. The standard InChI is InChI=1S/C30H34FN7O/c31-21-6-3-5-19(13-21)23-7-4-8-25-28(23)35-30(34-25)29-24-15-26(33-18-27(24)36-37-29)20-14-22(17-32-16-20)39-12-11-38-9-1-2-10-38/h3-8,13-14,16-17,24,26-27,29,33,36-37H,1-2,9-12,15,18H2,(H,34,35). The maximum absolute atomic E-state index is 13.9. The van der Waals surface area contributed by atoms with Crippen molar-refractivity contribution in [1.82, 2.24) is 36.0 Å². The summed E-state index contributed by atoms with van der Waals surface area (Å²) in [6.07, 6.45) is 7.27. The Morgan fingerprint density at radius 2 is 1.92 bits per heavy atom. The lowest BCUT2D eigenvalue weighted by atomic mass is 9.82. The van der Waals surface area contributed by atoms with Gasteiger partial charge in [0.1, 0.15) is 24.0 Å². The van der Waals surface area contributed by atoms with Crippen molar-refractivity contribution >= 4 is 11.0 Å². The van der Waals surface area contributed by atoms with Crippen LogP contribution < -0.4 is 20.9 Å². The number of hydrogen-bond donors (Lipinski definition) is 4. The predicted molar refractivity (Wildman–Crippen MR) is 149 cm³/mol. The van der Waals surface area contributed by atoms with Crippen LogP contribution in [0.3, 0.4) is 0 Å². The molecule has 4 N–H and O–H groups in total. The van der Waals surface area contributed by atoms with Gasteiger partial charge < -0.3 is 15.0 Å². The highest BCUT2D eigenvalue weighted by Crippen LogP contribution is 2.39. The third kappa shape index (κ3) is 5.03. The molecule has 3 fully saturated rings. The van der Waals surface area contributed by atoms with Crippen LogP contribution in [0, 0.1) is 11.7 Å². The lowest BCUT2D eigenvalue weighted by Crippen LogP contribution is -2.46. The summed E-state index contributed by atoms with van der Waals surface area (Å²) in [5.74, 6) is 1.80. The van der Waals surface area contributed by atoms with Gasteiger partial charge in [-0.1, -0.05) is 24.3 Å². The average Bonchev–Trinajstić information content (AvgIpc) is 3.72. The summed E-state index contributed by atoms with van der Waals surface area (Å²) < 4.78 is 20.0. The molecule has 4 aromatic rings. The molecule has 0 radical (unpaired) electrons. The zero-order valence-electron chi connectivity index (χ0n) is 21.9. The molecule has 0 amide bonds. The van der Waals surface area contributed by atoms with Crippen LogP contribution in [0.1, 0.15) is 42.7 Å². The number of nitrogens with one attached hydrogen (secondary N) is 4. The number of piperidine rings is 1. The number of fused-ring (bicyclic) bond motifs is 2. The lowest BCUT2D eigenvalue weighted by Gasteiger charge is -2.34. The van der Waals surface area contributed by atoms with E-state index >= 15 is 0 Å². The van der Waals surface area contributed by atoms with Gasteiger partial charge in [0.2, 0.25) is 0 Å². The predicted octanol–water partition coefficient (Wildman–Crippen LogP) is 4.11. The molecule has 0 saturated carbocycles. The Hall–Kier alpha value is -3.37. The Bertz CT molecular complexity index is 1450. The molecule has 0 spiro atoms. The Balaban J connectivity index is 1.08. The fourth-order valence-electron chi connectivity index (χ4n) is 6.39. The minimum absolute atomic E-state index is 0.0280. The number of para-hydroxylation sites is 1. The second kappa shape index (κ2) is 10.7. The highest BCUT2D eigenvalue weighted by molar-refractivity contribution is 5.92. The Morgan fingerprint density at radius 1 is 1.03 bits per heavy atom. The molecule has 3 aliphatic rings. The summed E-state index contributed by atoms with van der Waals surface area (Å²) in [4.78, 5) is 15.5. The molecule has 3 aliphatic heterocycles. The van der Waals surface area contributed by atoms with Gasteiger partial charge in [-0.2, -0.15) is 0 Å². The van der Waals surface area contributed by atoms with Crippen molar-refractivity contribution in [1.29, 1.82) is 0 Å². The second-order valence-electron chi connectivity index (χ2n) is 10.9. The average molecular weight is 528 g/mol. The lowest BCUT2D eigenvalue weighted by molar-refractivity contribution is 0.236. The van der Waals surface area contributed by atoms with Crippen LogP contribution in [0.25, 0.3) is 22.2 Å². The van der Waals surface area contributed by atoms with E-state index in [-0.39, 0.29) is 23.9 Å². The topological polar surface area (TPSA) is 90.1 Å². The first-order valence-corrected chi connectivity index (χ1v) is 14.0. The Labute approximate surface area is 227 Å². The molecule has 4 atom stereocenters. The monoisotopic (exact) mass is 527 g/mol. The first-order valence-electron chi connectivity index (χ1n) is 14.0. The summed E-state index contributed by atoms with van der Waals surface area (Å²) >= 11 is 0. The van der Waals surface area contributed by atoms with E-state index in [1.807, 2.05) is 36.7 Å². The second-order valence-corrected chi connectivity index (χ2v) is 10.9. The van der Waals surface area contributed by atoms with Crippen LogP contribution in [0.2, 0.25) is 0 Å². The number of hydrazine groups is 1. The molecule has 9 heteroatoms. The molecular weight excluding hydrogens is 493 g/mol. The minimum atomic E-state index is -0.249. The quantitative estimate of drug-likeness (QED) is 0.288. The van der Waals surface area contributed by atoms with Crippen LogP contribution in [0.4, 0.5) is 4.39 Å². The van der Waals surface area contributed by atoms with E-state index in [9.17, 15) is 4.39 Å². The summed E-state index contributed by atoms with van der Waals surface area (Å²) in [5.41, 5.74) is 11.7. The third-order valence-electron chi connectivity index (χ3n) is 8.43. The maximum atomic E-state index is 13.9. The van der Waals surface area contributed by atoms with E-state index < -0.39 is 0 Å². The van der Waals surface area contributed by atoms with Gasteiger partial charge >= 0.3 is 0 Å². The molecule has 3 saturated heterocycles. The summed E-state index contributed by atoms with van der Waals surface area (Å²) in [6, 6.07) is 15.3. The van der Waals surface area contributed by atoms with Gasteiger partial charge in [0.25, 0.3) is 0 Å². The smallest absolute Gasteiger partial charge is 0.137 e. The van der Waals surface area contributed by atoms with Crippen LogP contribution in [-0.2, 0) is 0 Å². The maximum Gasteiger partial charge on any atom is 0.137 e. The van der Waals surface area contributed by atoms with Crippen molar-refractivity contribution in [2.75, 3.05) is 32.8 Å². The summed E-state index contributed by atoms with van der Waals surface area (Å²) in [6.45, 7) is 4.85. The van der Waals surface area contributed by atoms with E-state index in [1.165, 1.54) is 32.0 Å². The van der Waals surface area contributed by atoms with E-state index in [0.717, 1.165) is 58.8 Å². The van der Waals surface area contributed by atoms with Gasteiger partial charge in [0, 0.05) is 42.9 Å². The first kappa shape index (κ1) is 24.7. The molecule has 7 rings (SSSR count). The zero-order valence-corrected chi connectivity index (χ0v) is 21.9. The number of imidazole rings is 1. The van der Waals surface area contributed by atoms with E-state index in [0.29, 0.717) is 12.5 Å². The fourth-order valence-corrected chi connectivity index (χ4v) is 6.39. The van der Waals surface area contributed by atoms with Gasteiger partial charge in [-0.05, 0) is 67.7 Å².